The average molecular weight is 285 g/mol. The van der Waals surface area contributed by atoms with Crippen molar-refractivity contribution in [3.8, 4) is 0 Å². The lowest BCUT2D eigenvalue weighted by Crippen LogP contribution is -2.66. The fraction of sp³-hybridized carbons (Fsp3) is 0.867. The molecule has 0 bridgehead atoms. The number of ether oxygens (including phenoxy) is 2. The molecule has 0 aromatic rings. The zero-order valence-electron chi connectivity index (χ0n) is 13.4. The molecule has 5 heteroatoms. The highest BCUT2D eigenvalue weighted by atomic mass is 16.6. The van der Waals surface area contributed by atoms with Crippen LogP contribution in [0.1, 0.15) is 53.9 Å². The topological polar surface area (TPSA) is 64.6 Å². The van der Waals surface area contributed by atoms with Gasteiger partial charge in [0.05, 0.1) is 7.11 Å². The van der Waals surface area contributed by atoms with E-state index in [4.69, 9.17) is 9.47 Å². The van der Waals surface area contributed by atoms with E-state index in [-0.39, 0.29) is 11.9 Å². The van der Waals surface area contributed by atoms with Crippen LogP contribution >= 0.6 is 0 Å². The van der Waals surface area contributed by atoms with Gasteiger partial charge in [-0.15, -0.1) is 0 Å². The van der Waals surface area contributed by atoms with Gasteiger partial charge in [0.25, 0.3) is 0 Å². The van der Waals surface area contributed by atoms with Crippen LogP contribution in [0.2, 0.25) is 0 Å². The number of carbonyl (C=O) groups is 2. The molecule has 0 heterocycles. The Hall–Kier alpha value is -1.26. The normalized spacial score (nSPS) is 25.9. The lowest BCUT2D eigenvalue weighted by molar-refractivity contribution is -0.157. The molecule has 2 atom stereocenters. The van der Waals surface area contributed by atoms with Gasteiger partial charge in [-0.25, -0.2) is 9.59 Å². The Kier molecular flexibility index (Phi) is 5.05. The van der Waals surface area contributed by atoms with Crippen LogP contribution in [0.3, 0.4) is 0 Å². The van der Waals surface area contributed by atoms with Crippen LogP contribution in [0.15, 0.2) is 0 Å². The van der Waals surface area contributed by atoms with Gasteiger partial charge in [-0.05, 0) is 51.9 Å². The summed E-state index contributed by atoms with van der Waals surface area (Å²) in [5.41, 5.74) is -1.50. The second-order valence-electron chi connectivity index (χ2n) is 6.95. The van der Waals surface area contributed by atoms with Crippen molar-refractivity contribution < 1.29 is 19.1 Å². The highest BCUT2D eigenvalue weighted by molar-refractivity contribution is 5.87. The van der Waals surface area contributed by atoms with Gasteiger partial charge in [0.15, 0.2) is 0 Å². The van der Waals surface area contributed by atoms with E-state index in [0.29, 0.717) is 12.3 Å². The smallest absolute Gasteiger partial charge is 0.408 e. The zero-order chi connectivity index (χ0) is 15.6. The highest BCUT2D eigenvalue weighted by Gasteiger charge is 2.55. The Labute approximate surface area is 121 Å². The molecule has 1 saturated carbocycles. The summed E-state index contributed by atoms with van der Waals surface area (Å²) in [6, 6.07) is 0. The van der Waals surface area contributed by atoms with Crippen molar-refractivity contribution in [1.29, 1.82) is 0 Å². The molecular weight excluding hydrogens is 258 g/mol. The van der Waals surface area contributed by atoms with Gasteiger partial charge in [-0.3, -0.25) is 0 Å². The molecule has 116 valence electrons. The summed E-state index contributed by atoms with van der Waals surface area (Å²) in [6.45, 7) is 9.60. The van der Waals surface area contributed by atoms with Gasteiger partial charge in [0.1, 0.15) is 11.1 Å². The maximum atomic E-state index is 12.1. The molecule has 0 aromatic heterocycles. The van der Waals surface area contributed by atoms with E-state index < -0.39 is 17.2 Å². The zero-order valence-corrected chi connectivity index (χ0v) is 13.4. The number of hydrogen-bond acceptors (Lipinski definition) is 4. The minimum atomic E-state index is -0.915. The van der Waals surface area contributed by atoms with E-state index in [1.165, 1.54) is 7.11 Å². The summed E-state index contributed by atoms with van der Waals surface area (Å²) >= 11 is 0. The third-order valence-electron chi connectivity index (χ3n) is 3.61. The summed E-state index contributed by atoms with van der Waals surface area (Å²) in [5, 5.41) is 2.76. The van der Waals surface area contributed by atoms with Crippen molar-refractivity contribution in [2.24, 2.45) is 11.8 Å². The van der Waals surface area contributed by atoms with Crippen LogP contribution < -0.4 is 5.32 Å². The molecule has 20 heavy (non-hydrogen) atoms. The number of hydrogen-bond donors (Lipinski definition) is 1. The van der Waals surface area contributed by atoms with Gasteiger partial charge in [0, 0.05) is 0 Å². The summed E-state index contributed by atoms with van der Waals surface area (Å²) in [4.78, 5) is 24.1. The van der Waals surface area contributed by atoms with Crippen LogP contribution in [0.25, 0.3) is 0 Å². The van der Waals surface area contributed by atoms with Crippen molar-refractivity contribution in [3.63, 3.8) is 0 Å². The number of rotatable bonds is 4. The largest absolute Gasteiger partial charge is 0.467 e. The number of esters is 1. The minimum Gasteiger partial charge on any atom is -0.467 e. The first-order valence-corrected chi connectivity index (χ1v) is 7.20. The fourth-order valence-electron chi connectivity index (χ4n) is 2.68. The lowest BCUT2D eigenvalue weighted by atomic mass is 9.63. The molecule has 0 unspecified atom stereocenters. The van der Waals surface area contributed by atoms with Crippen molar-refractivity contribution in [1.82, 2.24) is 5.32 Å². The first-order chi connectivity index (χ1) is 9.10. The summed E-state index contributed by atoms with van der Waals surface area (Å²) in [6.07, 6.45) is 1.85. The summed E-state index contributed by atoms with van der Waals surface area (Å²) in [5.74, 6) is 0.201. The number of carbonyl (C=O) groups excluding carboxylic acids is 2. The molecule has 1 aliphatic rings. The molecule has 0 saturated heterocycles. The van der Waals surface area contributed by atoms with Gasteiger partial charge in [-0.1, -0.05) is 13.8 Å². The third-order valence-corrected chi connectivity index (χ3v) is 3.61. The van der Waals surface area contributed by atoms with Gasteiger partial charge in [-0.2, -0.15) is 0 Å². The quantitative estimate of drug-likeness (QED) is 0.807. The SMILES string of the molecule is COC(=O)[C@]1(NC(=O)OC(C)(C)C)CC[C@H]1CC(C)C. The lowest BCUT2D eigenvalue weighted by Gasteiger charge is -2.47. The van der Waals surface area contributed by atoms with E-state index in [0.717, 1.165) is 12.8 Å². The van der Waals surface area contributed by atoms with Gasteiger partial charge < -0.3 is 14.8 Å². The Morgan fingerprint density at radius 3 is 2.30 bits per heavy atom. The highest BCUT2D eigenvalue weighted by Crippen LogP contribution is 2.43. The van der Waals surface area contributed by atoms with E-state index in [1.807, 2.05) is 0 Å². The molecule has 1 aliphatic carbocycles. The van der Waals surface area contributed by atoms with Crippen molar-refractivity contribution in [3.05, 3.63) is 0 Å². The summed E-state index contributed by atoms with van der Waals surface area (Å²) < 4.78 is 10.2. The minimum absolute atomic E-state index is 0.113. The molecule has 1 N–H and O–H groups in total. The molecule has 1 fully saturated rings. The second kappa shape index (κ2) is 6.02. The molecule has 5 nitrogen and oxygen atoms in total. The van der Waals surface area contributed by atoms with Crippen LogP contribution in [-0.4, -0.2) is 30.3 Å². The van der Waals surface area contributed by atoms with E-state index in [9.17, 15) is 9.59 Å². The van der Waals surface area contributed by atoms with Gasteiger partial charge >= 0.3 is 12.1 Å². The maximum Gasteiger partial charge on any atom is 0.408 e. The third kappa shape index (κ3) is 3.87. The summed E-state index contributed by atoms with van der Waals surface area (Å²) in [7, 11) is 1.35. The van der Waals surface area contributed by atoms with Crippen LogP contribution in [0.4, 0.5) is 4.79 Å². The molecule has 0 radical (unpaired) electrons. The maximum absolute atomic E-state index is 12.1. The van der Waals surface area contributed by atoms with E-state index in [2.05, 4.69) is 19.2 Å². The standard InChI is InChI=1S/C15H27NO4/c1-10(2)9-11-7-8-15(11,12(17)19-6)16-13(18)20-14(3,4)5/h10-11H,7-9H2,1-6H3,(H,16,18)/t11-,15-/m0/s1. The molecule has 0 aliphatic heterocycles. The molecule has 1 rings (SSSR count). The van der Waals surface area contributed by atoms with Crippen molar-refractivity contribution in [2.75, 3.05) is 7.11 Å². The number of amides is 1. The monoisotopic (exact) mass is 285 g/mol. The average Bonchev–Trinajstić information content (AvgIpc) is 2.28. The predicted octanol–water partition coefficient (Wildman–Crippen LogP) is 2.88. The van der Waals surface area contributed by atoms with Crippen LogP contribution in [-0.2, 0) is 14.3 Å². The van der Waals surface area contributed by atoms with E-state index >= 15 is 0 Å². The molecular formula is C15H27NO4. The van der Waals surface area contributed by atoms with Crippen LogP contribution in [0, 0.1) is 11.8 Å². The molecule has 1 amide bonds. The Bertz CT molecular complexity index is 373. The van der Waals surface area contributed by atoms with Crippen LogP contribution in [0.5, 0.6) is 0 Å². The van der Waals surface area contributed by atoms with Crippen molar-refractivity contribution in [2.45, 2.75) is 65.0 Å². The Balaban J connectivity index is 2.81. The van der Waals surface area contributed by atoms with Gasteiger partial charge in [0.2, 0.25) is 0 Å². The Morgan fingerprint density at radius 2 is 1.95 bits per heavy atom. The molecule has 0 aromatic carbocycles. The van der Waals surface area contributed by atoms with Crippen molar-refractivity contribution >= 4 is 12.1 Å². The Morgan fingerprint density at radius 1 is 1.35 bits per heavy atom. The predicted molar refractivity (Wildman–Crippen MR) is 76.3 cm³/mol. The number of nitrogens with one attached hydrogen (secondary N) is 1. The van der Waals surface area contributed by atoms with E-state index in [1.54, 1.807) is 20.8 Å². The number of alkyl carbamates (subject to hydrolysis) is 1. The fourth-order valence-corrected chi connectivity index (χ4v) is 2.68. The second-order valence-corrected chi connectivity index (χ2v) is 6.95. The first-order valence-electron chi connectivity index (χ1n) is 7.20. The molecule has 0 spiro atoms. The number of methoxy groups -OCH3 is 1. The first kappa shape index (κ1) is 16.8.